The molecule has 0 aliphatic heterocycles. The van der Waals surface area contributed by atoms with E-state index in [0.29, 0.717) is 0 Å². The largest absolute Gasteiger partial charge is 0.456 e. The highest BCUT2D eigenvalue weighted by Gasteiger charge is 2.14. The third kappa shape index (κ3) is 12.8. The molecular weight excluding hydrogens is 1200 g/mol. The van der Waals surface area contributed by atoms with Crippen molar-refractivity contribution in [2.75, 3.05) is 0 Å². The monoisotopic (exact) mass is 1280 g/mol. The van der Waals surface area contributed by atoms with E-state index in [-0.39, 0.29) is 0 Å². The van der Waals surface area contributed by atoms with Crippen LogP contribution in [0.4, 0.5) is 0 Å². The number of fused-ring (bicyclic) bond motifs is 18. The van der Waals surface area contributed by atoms with Crippen LogP contribution in [0.15, 0.2) is 277 Å². The normalized spacial score (nSPS) is 11.3. The molecule has 0 saturated heterocycles. The third-order valence-corrected chi connectivity index (χ3v) is 20.1. The van der Waals surface area contributed by atoms with Gasteiger partial charge in [0.25, 0.3) is 0 Å². The lowest BCUT2D eigenvalue weighted by Gasteiger charge is -2.07. The molecule has 0 bridgehead atoms. The Morgan fingerprint density at radius 2 is 0.546 bits per heavy atom. The molecule has 19 aromatic rings. The van der Waals surface area contributed by atoms with Crippen LogP contribution in [0.1, 0.15) is 55.6 Å². The van der Waals surface area contributed by atoms with Gasteiger partial charge in [-0.1, -0.05) is 210 Å². The highest BCUT2D eigenvalue weighted by Crippen LogP contribution is 2.37. The first-order valence-corrected chi connectivity index (χ1v) is 34.4. The van der Waals surface area contributed by atoms with Crippen LogP contribution in [0.5, 0.6) is 0 Å². The van der Waals surface area contributed by atoms with Crippen LogP contribution in [-0.4, -0.2) is 13.7 Å². The summed E-state index contributed by atoms with van der Waals surface area (Å²) in [6.45, 7) is 21.3. The van der Waals surface area contributed by atoms with Crippen molar-refractivity contribution in [3.8, 4) is 5.69 Å². The first-order chi connectivity index (χ1) is 47.0. The van der Waals surface area contributed by atoms with E-state index in [2.05, 4.69) is 370 Å². The summed E-state index contributed by atoms with van der Waals surface area (Å²) < 4.78 is 15.5. The lowest BCUT2D eigenvalue weighted by molar-refractivity contribution is 0.668. The van der Waals surface area contributed by atoms with Crippen LogP contribution >= 0.6 is 11.3 Å². The average Bonchev–Trinajstić information content (AvgIpc) is 1.88. The first-order valence-electron chi connectivity index (χ1n) is 33.6. The standard InChI is InChI=1S/C20H17N.C16H14.2C14H13N.C14H12O.C14H12S/c1-14-8-10-19-17(12-14)18-13-15(2)9-11-20(18)21(19)16-6-4-3-5-7-16;1-11-3-7-15-13(9-11)5-6-14-10-12(2)4-8-16(14)15;1-10-7-8-14-12(9-10)11-5-3-4-6-13(11)15(14)2;1-10-7-8-12-11-5-3-4-6-13(11)15(2)14(12)9-10;2*1-9-3-5-11-12-6-4-10(2)8-14(12)15-13(11)7-9/h3-13H,1-2H3;3-10H,1-2H3;2*3-9H,1-2H3;2*3-8H,1-2H3. The second-order valence-electron chi connectivity index (χ2n) is 26.6. The number of hydrogen-bond donors (Lipinski definition) is 0. The van der Waals surface area contributed by atoms with Crippen molar-refractivity contribution in [2.45, 2.75) is 69.2 Å². The molecule has 5 aromatic heterocycles. The van der Waals surface area contributed by atoms with Crippen molar-refractivity contribution in [2.24, 2.45) is 14.1 Å². The highest BCUT2D eigenvalue weighted by atomic mass is 32.1. The van der Waals surface area contributed by atoms with Crippen molar-refractivity contribution >= 4 is 140 Å². The molecule has 0 unspecified atom stereocenters. The molecule has 0 spiro atoms. The van der Waals surface area contributed by atoms with E-state index in [1.807, 2.05) is 11.3 Å². The Hall–Kier alpha value is -11.0. The lowest BCUT2D eigenvalue weighted by Crippen LogP contribution is -1.92. The minimum Gasteiger partial charge on any atom is -0.456 e. The fourth-order valence-corrected chi connectivity index (χ4v) is 15.3. The number of aryl methyl sites for hydroxylation is 12. The van der Waals surface area contributed by atoms with Crippen molar-refractivity contribution in [1.82, 2.24) is 13.7 Å². The summed E-state index contributed by atoms with van der Waals surface area (Å²) in [5, 5.41) is 18.6. The van der Waals surface area contributed by atoms with Gasteiger partial charge in [0.2, 0.25) is 0 Å². The number of para-hydroxylation sites is 3. The number of thiophene rings is 1. The molecule has 14 aromatic carbocycles. The maximum Gasteiger partial charge on any atom is 0.135 e. The van der Waals surface area contributed by atoms with Gasteiger partial charge in [0.1, 0.15) is 11.2 Å². The molecule has 4 nitrogen and oxygen atoms in total. The quantitative estimate of drug-likeness (QED) is 0.151. The SMILES string of the molecule is Cc1ccc2c(c1)c1cc(C)ccc1n2-c1ccccc1.Cc1ccc2c(c1)c1ccccc1n2C.Cc1ccc2c(c1)oc1cc(C)ccc12.Cc1ccc2c(c1)sc1cc(C)ccc12.Cc1ccc2c(ccc3cc(C)ccc32)c1.Cc1ccc2c3ccccc3n(C)c2c1. The average molecular weight is 1280 g/mol. The van der Waals surface area contributed by atoms with Crippen LogP contribution in [0.2, 0.25) is 0 Å². The predicted molar refractivity (Wildman–Crippen MR) is 424 cm³/mol. The molecule has 0 N–H and O–H groups in total. The molecule has 476 valence electrons. The molecule has 5 heterocycles. The highest BCUT2D eigenvalue weighted by molar-refractivity contribution is 7.25. The van der Waals surface area contributed by atoms with Gasteiger partial charge in [-0.2, -0.15) is 0 Å². The molecule has 0 atom stereocenters. The third-order valence-electron chi connectivity index (χ3n) is 18.9. The number of aromatic nitrogens is 3. The van der Waals surface area contributed by atoms with Gasteiger partial charge in [-0.3, -0.25) is 0 Å². The zero-order chi connectivity index (χ0) is 67.2. The van der Waals surface area contributed by atoms with Gasteiger partial charge in [-0.15, -0.1) is 11.3 Å². The zero-order valence-corrected chi connectivity index (χ0v) is 58.5. The van der Waals surface area contributed by atoms with E-state index in [1.165, 1.54) is 179 Å². The summed E-state index contributed by atoms with van der Waals surface area (Å²) in [5.74, 6) is 0. The van der Waals surface area contributed by atoms with Crippen molar-refractivity contribution < 1.29 is 4.42 Å². The van der Waals surface area contributed by atoms with Gasteiger partial charge in [-0.05, 0) is 210 Å². The van der Waals surface area contributed by atoms with Gasteiger partial charge < -0.3 is 18.1 Å². The minimum absolute atomic E-state index is 0.982. The summed E-state index contributed by atoms with van der Waals surface area (Å²) in [4.78, 5) is 0. The summed E-state index contributed by atoms with van der Waals surface area (Å²) in [6, 6.07) is 98.2. The Morgan fingerprint density at radius 1 is 0.227 bits per heavy atom. The van der Waals surface area contributed by atoms with E-state index in [1.54, 1.807) is 0 Å². The first kappa shape index (κ1) is 63.4. The van der Waals surface area contributed by atoms with Crippen molar-refractivity contribution in [3.05, 3.63) is 329 Å². The van der Waals surface area contributed by atoms with Gasteiger partial charge in [0.15, 0.2) is 0 Å². The van der Waals surface area contributed by atoms with Gasteiger partial charge in [0.05, 0.1) is 11.0 Å². The molecule has 97 heavy (non-hydrogen) atoms. The molecule has 0 amide bonds. The Bertz CT molecular complexity index is 5810. The Labute approximate surface area is 572 Å². The fraction of sp³-hybridized carbons (Fsp3) is 0.130. The predicted octanol–water partition coefficient (Wildman–Crippen LogP) is 26.2. The van der Waals surface area contributed by atoms with Gasteiger partial charge in [-0.25, -0.2) is 0 Å². The van der Waals surface area contributed by atoms with Crippen LogP contribution in [0.3, 0.4) is 0 Å². The summed E-state index contributed by atoms with van der Waals surface area (Å²) in [6.07, 6.45) is 0. The number of rotatable bonds is 1. The van der Waals surface area contributed by atoms with E-state index in [0.717, 1.165) is 11.2 Å². The van der Waals surface area contributed by atoms with E-state index in [4.69, 9.17) is 4.42 Å². The Kier molecular flexibility index (Phi) is 17.4. The molecule has 0 aliphatic rings. The Balaban J connectivity index is 0.000000100. The molecule has 5 heteroatoms. The van der Waals surface area contributed by atoms with E-state index < -0.39 is 0 Å². The smallest absolute Gasteiger partial charge is 0.135 e. The van der Waals surface area contributed by atoms with Gasteiger partial charge in [0, 0.05) is 105 Å². The molecule has 0 fully saturated rings. The van der Waals surface area contributed by atoms with Crippen LogP contribution in [0.25, 0.3) is 135 Å². The summed E-state index contributed by atoms with van der Waals surface area (Å²) >= 11 is 1.89. The van der Waals surface area contributed by atoms with E-state index in [9.17, 15) is 0 Å². The van der Waals surface area contributed by atoms with Crippen molar-refractivity contribution in [3.63, 3.8) is 0 Å². The van der Waals surface area contributed by atoms with Crippen LogP contribution in [0, 0.1) is 69.2 Å². The van der Waals surface area contributed by atoms with E-state index >= 15 is 0 Å². The maximum absolute atomic E-state index is 5.81. The number of nitrogens with zero attached hydrogens (tertiary/aromatic N) is 3. The Morgan fingerprint density at radius 3 is 1.03 bits per heavy atom. The summed E-state index contributed by atoms with van der Waals surface area (Å²) in [7, 11) is 4.25. The second-order valence-corrected chi connectivity index (χ2v) is 27.7. The molecule has 0 aliphatic carbocycles. The van der Waals surface area contributed by atoms with Crippen LogP contribution < -0.4 is 0 Å². The number of furan rings is 1. The zero-order valence-electron chi connectivity index (χ0n) is 57.6. The maximum atomic E-state index is 5.81. The number of hydrogen-bond acceptors (Lipinski definition) is 2. The minimum atomic E-state index is 0.982. The molecule has 0 saturated carbocycles. The molecular formula is C92H81N3OS. The van der Waals surface area contributed by atoms with Crippen molar-refractivity contribution in [1.29, 1.82) is 0 Å². The number of benzene rings is 14. The lowest BCUT2D eigenvalue weighted by atomic mass is 9.99. The van der Waals surface area contributed by atoms with Gasteiger partial charge >= 0.3 is 0 Å². The molecule has 0 radical (unpaired) electrons. The molecule has 19 rings (SSSR count). The summed E-state index contributed by atoms with van der Waals surface area (Å²) in [5.41, 5.74) is 24.0. The second kappa shape index (κ2) is 26.7. The topological polar surface area (TPSA) is 27.9 Å². The van der Waals surface area contributed by atoms with Crippen LogP contribution in [-0.2, 0) is 14.1 Å². The fourth-order valence-electron chi connectivity index (χ4n) is 14.0.